The largest absolute Gasteiger partial charge is 0.543 e. The van der Waals surface area contributed by atoms with Crippen molar-refractivity contribution >= 4 is 20.5 Å². The molecule has 0 saturated heterocycles. The summed E-state index contributed by atoms with van der Waals surface area (Å²) in [6, 6.07) is 15.3. The first kappa shape index (κ1) is 17.0. The number of hydrogen-bond acceptors (Lipinski definition) is 1. The number of aryl methyl sites for hydroxylation is 2. The molecule has 0 atom stereocenters. The van der Waals surface area contributed by atoms with Crippen LogP contribution in [-0.2, 0) is 12.8 Å². The maximum Gasteiger partial charge on any atom is 0.250 e. The Morgan fingerprint density at radius 3 is 2.17 bits per heavy atom. The molecule has 0 aliphatic heterocycles. The van der Waals surface area contributed by atoms with Crippen LogP contribution in [0.2, 0.25) is 18.1 Å². The van der Waals surface area contributed by atoms with Gasteiger partial charge in [0.05, 0.1) is 0 Å². The van der Waals surface area contributed by atoms with Gasteiger partial charge >= 0.3 is 0 Å². The summed E-state index contributed by atoms with van der Waals surface area (Å²) in [5.74, 6) is 1.03. The summed E-state index contributed by atoms with van der Waals surface area (Å²) in [5, 5.41) is 0.218. The van der Waals surface area contributed by atoms with Crippen molar-refractivity contribution in [3.05, 3.63) is 64.7 Å². The van der Waals surface area contributed by atoms with Crippen LogP contribution in [0.1, 0.15) is 43.0 Å². The second kappa shape index (κ2) is 6.25. The van der Waals surface area contributed by atoms with Gasteiger partial charge in [-0.15, -0.1) is 0 Å². The molecule has 2 aromatic carbocycles. The van der Waals surface area contributed by atoms with Crippen molar-refractivity contribution in [2.24, 2.45) is 0 Å². The minimum atomic E-state index is -1.79. The zero-order valence-corrected chi connectivity index (χ0v) is 16.5. The molecule has 1 aliphatic rings. The minimum Gasteiger partial charge on any atom is -0.543 e. The number of hydrogen-bond donors (Lipinski definition) is 0. The van der Waals surface area contributed by atoms with E-state index in [1.165, 1.54) is 22.3 Å². The summed E-state index contributed by atoms with van der Waals surface area (Å²) < 4.78 is 6.49. The molecular weight excluding hydrogens is 308 g/mol. The fourth-order valence-corrected chi connectivity index (χ4v) is 3.87. The zero-order valence-electron chi connectivity index (χ0n) is 15.5. The summed E-state index contributed by atoms with van der Waals surface area (Å²) in [6.07, 6.45) is 6.62. The molecule has 2 heteroatoms. The number of rotatable bonds is 2. The normalized spacial score (nSPS) is 14.4. The van der Waals surface area contributed by atoms with Crippen LogP contribution < -0.4 is 4.43 Å². The molecule has 126 valence electrons. The van der Waals surface area contributed by atoms with Gasteiger partial charge in [0.15, 0.2) is 0 Å². The van der Waals surface area contributed by atoms with Gasteiger partial charge in [-0.1, -0.05) is 63.3 Å². The Morgan fingerprint density at radius 2 is 1.46 bits per heavy atom. The third-order valence-corrected chi connectivity index (χ3v) is 9.81. The first-order chi connectivity index (χ1) is 11.3. The molecule has 0 unspecified atom stereocenters. The SMILES string of the molecule is CC(C)(C)[Si](C)(C)Oc1ccc2c(c1)CCc1ccccc1C=C2. The molecule has 0 bridgehead atoms. The van der Waals surface area contributed by atoms with Crippen molar-refractivity contribution in [2.75, 3.05) is 0 Å². The van der Waals surface area contributed by atoms with Crippen LogP contribution in [0, 0.1) is 0 Å². The lowest BCUT2D eigenvalue weighted by molar-refractivity contribution is 0.491. The van der Waals surface area contributed by atoms with Crippen molar-refractivity contribution in [1.82, 2.24) is 0 Å². The first-order valence-electron chi connectivity index (χ1n) is 8.84. The van der Waals surface area contributed by atoms with E-state index < -0.39 is 8.32 Å². The summed E-state index contributed by atoms with van der Waals surface area (Å²) in [5.41, 5.74) is 5.46. The van der Waals surface area contributed by atoms with E-state index in [-0.39, 0.29) is 5.04 Å². The maximum atomic E-state index is 6.49. The molecule has 24 heavy (non-hydrogen) atoms. The van der Waals surface area contributed by atoms with Crippen molar-refractivity contribution in [3.63, 3.8) is 0 Å². The second-order valence-electron chi connectivity index (χ2n) is 8.26. The van der Waals surface area contributed by atoms with Gasteiger partial charge in [-0.3, -0.25) is 0 Å². The van der Waals surface area contributed by atoms with Crippen LogP contribution in [0.4, 0.5) is 0 Å². The highest BCUT2D eigenvalue weighted by Crippen LogP contribution is 2.38. The highest BCUT2D eigenvalue weighted by atomic mass is 28.4. The Kier molecular flexibility index (Phi) is 4.44. The Balaban J connectivity index is 1.90. The Bertz CT molecular complexity index is 766. The molecule has 0 heterocycles. The van der Waals surface area contributed by atoms with Gasteiger partial charge in [0, 0.05) is 0 Å². The van der Waals surface area contributed by atoms with Gasteiger partial charge in [-0.25, -0.2) is 0 Å². The molecule has 3 rings (SSSR count). The highest BCUT2D eigenvalue weighted by Gasteiger charge is 2.39. The fraction of sp³-hybridized carbons (Fsp3) is 0.364. The van der Waals surface area contributed by atoms with Crippen molar-refractivity contribution in [3.8, 4) is 5.75 Å². The van der Waals surface area contributed by atoms with Crippen LogP contribution >= 0.6 is 0 Å². The van der Waals surface area contributed by atoms with E-state index in [1.54, 1.807) is 0 Å². The molecule has 0 saturated carbocycles. The van der Waals surface area contributed by atoms with Crippen LogP contribution in [0.25, 0.3) is 12.2 Å². The van der Waals surface area contributed by atoms with Crippen molar-refractivity contribution in [1.29, 1.82) is 0 Å². The molecule has 0 aromatic heterocycles. The molecule has 0 amide bonds. The van der Waals surface area contributed by atoms with E-state index in [0.29, 0.717) is 0 Å². The van der Waals surface area contributed by atoms with E-state index in [9.17, 15) is 0 Å². The maximum absolute atomic E-state index is 6.49. The molecule has 0 fully saturated rings. The van der Waals surface area contributed by atoms with E-state index in [2.05, 4.69) is 88.5 Å². The van der Waals surface area contributed by atoms with Crippen molar-refractivity contribution < 1.29 is 4.43 Å². The fourth-order valence-electron chi connectivity index (χ4n) is 2.85. The first-order valence-corrected chi connectivity index (χ1v) is 11.7. The number of benzene rings is 2. The van der Waals surface area contributed by atoms with Gasteiger partial charge in [-0.05, 0) is 65.4 Å². The minimum absolute atomic E-state index is 0.218. The number of fused-ring (bicyclic) bond motifs is 2. The lowest BCUT2D eigenvalue weighted by Gasteiger charge is -2.36. The lowest BCUT2D eigenvalue weighted by atomic mass is 9.93. The topological polar surface area (TPSA) is 9.23 Å². The standard InChI is InChI=1S/C22H28OSi/c1-22(2,3)24(4,5)23-21-15-14-19-11-10-17-8-6-7-9-18(17)12-13-20(19)16-21/h6-11,14-16H,12-13H2,1-5H3. The average molecular weight is 337 g/mol. The van der Waals surface area contributed by atoms with E-state index in [4.69, 9.17) is 4.43 Å². The van der Waals surface area contributed by atoms with Gasteiger partial charge in [0.2, 0.25) is 8.32 Å². The van der Waals surface area contributed by atoms with Crippen LogP contribution in [0.5, 0.6) is 5.75 Å². The van der Waals surface area contributed by atoms with Gasteiger partial charge in [-0.2, -0.15) is 0 Å². The van der Waals surface area contributed by atoms with Crippen LogP contribution in [-0.4, -0.2) is 8.32 Å². The zero-order chi connectivity index (χ0) is 17.4. The summed E-state index contributed by atoms with van der Waals surface area (Å²) in [6.45, 7) is 11.5. The monoisotopic (exact) mass is 336 g/mol. The molecular formula is C22H28OSi. The predicted octanol–water partition coefficient (Wildman–Crippen LogP) is 6.34. The molecule has 1 nitrogen and oxygen atoms in total. The third kappa shape index (κ3) is 3.49. The van der Waals surface area contributed by atoms with E-state index in [0.717, 1.165) is 18.6 Å². The molecule has 0 N–H and O–H groups in total. The van der Waals surface area contributed by atoms with Crippen LogP contribution in [0.15, 0.2) is 42.5 Å². The Hall–Kier alpha value is -1.80. The molecule has 0 spiro atoms. The smallest absolute Gasteiger partial charge is 0.250 e. The van der Waals surface area contributed by atoms with Gasteiger partial charge in [0.1, 0.15) is 5.75 Å². The summed E-state index contributed by atoms with van der Waals surface area (Å²) in [7, 11) is -1.79. The molecule has 1 aliphatic carbocycles. The van der Waals surface area contributed by atoms with Crippen molar-refractivity contribution in [2.45, 2.75) is 51.7 Å². The summed E-state index contributed by atoms with van der Waals surface area (Å²) >= 11 is 0. The predicted molar refractivity (Wildman–Crippen MR) is 107 cm³/mol. The summed E-state index contributed by atoms with van der Waals surface area (Å²) in [4.78, 5) is 0. The second-order valence-corrected chi connectivity index (χ2v) is 13.0. The quantitative estimate of drug-likeness (QED) is 0.581. The average Bonchev–Trinajstić information content (AvgIpc) is 2.49. The third-order valence-electron chi connectivity index (χ3n) is 5.45. The molecule has 0 radical (unpaired) electrons. The molecule has 2 aromatic rings. The Labute approximate surface area is 147 Å². The van der Waals surface area contributed by atoms with E-state index >= 15 is 0 Å². The highest BCUT2D eigenvalue weighted by molar-refractivity contribution is 6.74. The van der Waals surface area contributed by atoms with Crippen LogP contribution in [0.3, 0.4) is 0 Å². The van der Waals surface area contributed by atoms with Gasteiger partial charge in [0.25, 0.3) is 0 Å². The Morgan fingerprint density at radius 1 is 0.833 bits per heavy atom. The van der Waals surface area contributed by atoms with E-state index in [1.807, 2.05) is 0 Å². The lowest BCUT2D eigenvalue weighted by Crippen LogP contribution is -2.43. The van der Waals surface area contributed by atoms with Gasteiger partial charge < -0.3 is 4.43 Å².